The van der Waals surface area contributed by atoms with E-state index in [2.05, 4.69) is 0 Å². The Kier molecular flexibility index (Phi) is 5.31. The van der Waals surface area contributed by atoms with Gasteiger partial charge in [-0.25, -0.2) is 0 Å². The predicted octanol–water partition coefficient (Wildman–Crippen LogP) is 1.48. The van der Waals surface area contributed by atoms with E-state index in [1.165, 1.54) is 7.11 Å². The molecule has 18 heavy (non-hydrogen) atoms. The second kappa shape index (κ2) is 6.52. The van der Waals surface area contributed by atoms with Gasteiger partial charge >= 0.3 is 5.97 Å². The van der Waals surface area contributed by atoms with Gasteiger partial charge in [-0.15, -0.1) is 0 Å². The summed E-state index contributed by atoms with van der Waals surface area (Å²) < 4.78 is 10.2. The van der Waals surface area contributed by atoms with Crippen molar-refractivity contribution in [1.29, 1.82) is 0 Å². The smallest absolute Gasteiger partial charge is 0.317 e. The second-order valence-corrected chi connectivity index (χ2v) is 4.39. The van der Waals surface area contributed by atoms with E-state index >= 15 is 0 Å². The Balaban J connectivity index is 3.18. The molecule has 100 valence electrons. The fraction of sp³-hybridized carbons (Fsp3) is 0.500. The quantitative estimate of drug-likeness (QED) is 0.778. The molecule has 0 amide bonds. The highest BCUT2D eigenvalue weighted by molar-refractivity contribution is 5.83. The van der Waals surface area contributed by atoms with Crippen molar-refractivity contribution in [3.8, 4) is 0 Å². The maximum absolute atomic E-state index is 12.2. The molecule has 1 rings (SSSR count). The van der Waals surface area contributed by atoms with Gasteiger partial charge in [-0.05, 0) is 18.9 Å². The van der Waals surface area contributed by atoms with E-state index in [0.717, 1.165) is 5.56 Å². The van der Waals surface area contributed by atoms with E-state index < -0.39 is 5.41 Å². The molecule has 0 aromatic heterocycles. The summed E-state index contributed by atoms with van der Waals surface area (Å²) in [5.41, 5.74) is 5.89. The van der Waals surface area contributed by atoms with Gasteiger partial charge in [-0.3, -0.25) is 4.79 Å². The van der Waals surface area contributed by atoms with Crippen LogP contribution in [0.2, 0.25) is 0 Å². The summed E-state index contributed by atoms with van der Waals surface area (Å²) in [5, 5.41) is 0. The lowest BCUT2D eigenvalue weighted by Gasteiger charge is -2.32. The topological polar surface area (TPSA) is 61.5 Å². The van der Waals surface area contributed by atoms with Crippen LogP contribution in [-0.4, -0.2) is 32.8 Å². The molecule has 0 spiro atoms. The summed E-state index contributed by atoms with van der Waals surface area (Å²) in [5.74, 6) is -0.319. The molecule has 0 fully saturated rings. The van der Waals surface area contributed by atoms with Gasteiger partial charge in [0.1, 0.15) is 5.41 Å². The van der Waals surface area contributed by atoms with Crippen LogP contribution in [-0.2, 0) is 19.7 Å². The molecule has 0 saturated heterocycles. The third-order valence-electron chi connectivity index (χ3n) is 3.29. The highest BCUT2D eigenvalue weighted by atomic mass is 16.5. The number of methoxy groups -OCH3 is 2. The number of carbonyl (C=O) groups is 1. The molecule has 4 heteroatoms. The van der Waals surface area contributed by atoms with Crippen LogP contribution in [0.3, 0.4) is 0 Å². The number of hydrogen-bond acceptors (Lipinski definition) is 4. The van der Waals surface area contributed by atoms with Gasteiger partial charge in [0, 0.05) is 13.7 Å². The van der Waals surface area contributed by atoms with Crippen LogP contribution >= 0.6 is 0 Å². The first-order valence-electron chi connectivity index (χ1n) is 5.97. The molecule has 1 aromatic rings. The summed E-state index contributed by atoms with van der Waals surface area (Å²) in [6.07, 6.45) is 0.421. The van der Waals surface area contributed by atoms with Crippen molar-refractivity contribution < 1.29 is 14.3 Å². The number of nitrogens with two attached hydrogens (primary N) is 1. The van der Waals surface area contributed by atoms with Crippen molar-refractivity contribution in [2.75, 3.05) is 20.8 Å². The minimum atomic E-state index is -0.842. The molecule has 2 N–H and O–H groups in total. The Morgan fingerprint density at radius 1 is 1.33 bits per heavy atom. The number of benzene rings is 1. The Morgan fingerprint density at radius 3 is 2.39 bits per heavy atom. The van der Waals surface area contributed by atoms with Gasteiger partial charge in [0.25, 0.3) is 0 Å². The fourth-order valence-corrected chi connectivity index (χ4v) is 2.13. The van der Waals surface area contributed by atoms with Crippen LogP contribution in [0.1, 0.15) is 18.9 Å². The summed E-state index contributed by atoms with van der Waals surface area (Å²) in [7, 11) is 3.00. The van der Waals surface area contributed by atoms with Gasteiger partial charge in [0.05, 0.1) is 13.2 Å². The van der Waals surface area contributed by atoms with E-state index in [1.54, 1.807) is 7.11 Å². The molecule has 1 aromatic carbocycles. The van der Waals surface area contributed by atoms with E-state index in [-0.39, 0.29) is 18.6 Å². The Morgan fingerprint density at radius 2 is 1.94 bits per heavy atom. The lowest BCUT2D eigenvalue weighted by atomic mass is 9.76. The van der Waals surface area contributed by atoms with E-state index in [9.17, 15) is 4.79 Å². The van der Waals surface area contributed by atoms with Crippen LogP contribution in [0.4, 0.5) is 0 Å². The normalized spacial score (nSPS) is 15.8. The van der Waals surface area contributed by atoms with Crippen LogP contribution in [0.5, 0.6) is 0 Å². The maximum atomic E-state index is 12.2. The Labute approximate surface area is 108 Å². The first kappa shape index (κ1) is 14.7. The van der Waals surface area contributed by atoms with Crippen molar-refractivity contribution in [1.82, 2.24) is 0 Å². The lowest BCUT2D eigenvalue weighted by molar-refractivity contribution is -0.148. The van der Waals surface area contributed by atoms with Gasteiger partial charge < -0.3 is 15.2 Å². The number of carbonyl (C=O) groups excluding carboxylic acids is 1. The maximum Gasteiger partial charge on any atom is 0.317 e. The van der Waals surface area contributed by atoms with Crippen molar-refractivity contribution in [2.24, 2.45) is 5.73 Å². The zero-order valence-electron chi connectivity index (χ0n) is 11.2. The minimum absolute atomic E-state index is 0.0761. The molecule has 0 aliphatic rings. The average molecular weight is 251 g/mol. The third-order valence-corrected chi connectivity index (χ3v) is 3.29. The summed E-state index contributed by atoms with van der Waals surface area (Å²) >= 11 is 0. The molecule has 4 nitrogen and oxygen atoms in total. The second-order valence-electron chi connectivity index (χ2n) is 4.39. The summed E-state index contributed by atoms with van der Waals surface area (Å²) in [6.45, 7) is 2.10. The van der Waals surface area contributed by atoms with E-state index in [0.29, 0.717) is 6.42 Å². The van der Waals surface area contributed by atoms with E-state index in [4.69, 9.17) is 15.2 Å². The zero-order chi connectivity index (χ0) is 13.6. The molecule has 0 radical (unpaired) electrons. The average Bonchev–Trinajstić information content (AvgIpc) is 2.44. The molecule has 2 unspecified atom stereocenters. The van der Waals surface area contributed by atoms with Crippen LogP contribution in [0.25, 0.3) is 0 Å². The van der Waals surface area contributed by atoms with Crippen LogP contribution in [0, 0.1) is 0 Å². The lowest BCUT2D eigenvalue weighted by Crippen LogP contribution is -2.46. The minimum Gasteiger partial charge on any atom is -0.468 e. The highest BCUT2D eigenvalue weighted by Gasteiger charge is 2.41. The van der Waals surface area contributed by atoms with Crippen molar-refractivity contribution in [2.45, 2.75) is 24.9 Å². The number of ether oxygens (including phenoxy) is 2. The third kappa shape index (κ3) is 2.89. The molecule has 0 bridgehead atoms. The first-order valence-corrected chi connectivity index (χ1v) is 5.97. The van der Waals surface area contributed by atoms with Crippen LogP contribution in [0.15, 0.2) is 30.3 Å². The highest BCUT2D eigenvalue weighted by Crippen LogP contribution is 2.30. The first-order chi connectivity index (χ1) is 8.60. The number of rotatable bonds is 6. The molecule has 0 aliphatic heterocycles. The van der Waals surface area contributed by atoms with Gasteiger partial charge in [-0.1, -0.05) is 30.3 Å². The summed E-state index contributed by atoms with van der Waals surface area (Å²) in [4.78, 5) is 12.2. The molecule has 0 aliphatic carbocycles. The number of hydrogen-bond donors (Lipinski definition) is 1. The largest absolute Gasteiger partial charge is 0.468 e. The van der Waals surface area contributed by atoms with Crippen molar-refractivity contribution in [3.63, 3.8) is 0 Å². The fourth-order valence-electron chi connectivity index (χ4n) is 2.13. The van der Waals surface area contributed by atoms with Gasteiger partial charge in [0.15, 0.2) is 0 Å². The van der Waals surface area contributed by atoms with E-state index in [1.807, 2.05) is 37.3 Å². The van der Waals surface area contributed by atoms with Crippen molar-refractivity contribution >= 4 is 5.97 Å². The number of esters is 1. The zero-order valence-corrected chi connectivity index (χ0v) is 11.2. The molecular formula is C14H21NO3. The Bertz CT molecular complexity index is 380. The molecular weight excluding hydrogens is 230 g/mol. The monoisotopic (exact) mass is 251 g/mol. The van der Waals surface area contributed by atoms with Gasteiger partial charge in [-0.2, -0.15) is 0 Å². The van der Waals surface area contributed by atoms with Crippen LogP contribution < -0.4 is 5.73 Å². The summed E-state index contributed by atoms with van der Waals surface area (Å²) in [6, 6.07) is 9.47. The molecule has 2 atom stereocenters. The predicted molar refractivity (Wildman–Crippen MR) is 70.3 cm³/mol. The Hall–Kier alpha value is -1.39. The molecule has 0 saturated carbocycles. The SMILES string of the molecule is COC(=O)C(CN)(CC(C)OC)c1ccccc1. The molecule has 0 heterocycles. The van der Waals surface area contributed by atoms with Gasteiger partial charge in [0.2, 0.25) is 0 Å². The standard InChI is InChI=1S/C14H21NO3/c1-11(17-2)9-14(10-15,13(16)18-3)12-7-5-4-6-8-12/h4-8,11H,9-10,15H2,1-3H3. The van der Waals surface area contributed by atoms with Crippen molar-refractivity contribution in [3.05, 3.63) is 35.9 Å².